The number of nitrogens with zero attached hydrogens (tertiary/aromatic N) is 4. The molecular weight excluding hydrogens is 433 g/mol. The summed E-state index contributed by atoms with van der Waals surface area (Å²) in [4.78, 5) is 7.34. The number of halogens is 4. The van der Waals surface area contributed by atoms with Gasteiger partial charge in [0.15, 0.2) is 21.9 Å². The van der Waals surface area contributed by atoms with Crippen molar-refractivity contribution >= 4 is 45.7 Å². The molecule has 2 rings (SSSR count). The minimum atomic E-state index is -0.543. The quantitative estimate of drug-likeness (QED) is 0.401. The molecule has 27 heavy (non-hydrogen) atoms. The normalized spacial score (nSPS) is 10.6. The maximum absolute atomic E-state index is 12.9. The van der Waals surface area contributed by atoms with Crippen LogP contribution >= 0.6 is 35.0 Å². The molecular formula is C17H22Cl2F2N4S2. The lowest BCUT2D eigenvalue weighted by Crippen LogP contribution is -1.94. The highest BCUT2D eigenvalue weighted by Crippen LogP contribution is 2.15. The van der Waals surface area contributed by atoms with Crippen LogP contribution in [0.15, 0.2) is 28.9 Å². The van der Waals surface area contributed by atoms with Gasteiger partial charge in [0.1, 0.15) is 0 Å². The Bertz CT molecular complexity index is 799. The van der Waals surface area contributed by atoms with Gasteiger partial charge in [-0.05, 0) is 35.8 Å². The lowest BCUT2D eigenvalue weighted by Gasteiger charge is -2.00. The van der Waals surface area contributed by atoms with Gasteiger partial charge in [0.05, 0.1) is 0 Å². The van der Waals surface area contributed by atoms with Crippen LogP contribution in [0.2, 0.25) is 10.3 Å². The summed E-state index contributed by atoms with van der Waals surface area (Å²) < 4.78 is 29.2. The van der Waals surface area contributed by atoms with E-state index in [4.69, 9.17) is 28.5 Å². The molecule has 0 spiro atoms. The molecule has 0 aromatic carbocycles. The highest BCUT2D eigenvalue weighted by molar-refractivity contribution is 7.97. The summed E-state index contributed by atoms with van der Waals surface area (Å²) in [6, 6.07) is 2.72. The van der Waals surface area contributed by atoms with Gasteiger partial charge in [0.25, 0.3) is 0 Å². The van der Waals surface area contributed by atoms with Crippen molar-refractivity contribution in [1.82, 2.24) is 9.97 Å². The molecule has 1 unspecified atom stereocenters. The van der Waals surface area contributed by atoms with E-state index in [9.17, 15) is 8.78 Å². The van der Waals surface area contributed by atoms with E-state index in [1.54, 1.807) is 30.4 Å². The maximum atomic E-state index is 12.9. The van der Waals surface area contributed by atoms with Crippen LogP contribution in [-0.2, 0) is 22.2 Å². The second-order valence-corrected chi connectivity index (χ2v) is 7.86. The number of nitriles is 1. The first-order chi connectivity index (χ1) is 11.9. The fourth-order valence-electron chi connectivity index (χ4n) is 1.59. The van der Waals surface area contributed by atoms with Crippen LogP contribution in [0.25, 0.3) is 0 Å². The molecule has 0 amide bonds. The standard InChI is InChI=1S/C8H7ClFN3S.C7H7ClFNS.2CH4/c1-14(13-5-11)4-6-2-7(10)8(9)12-3-6;1-11-4-5-2-6(9)7(8)10-3-5;;/h2-3H,4H2,1H3;2-3H,4H2,1H3;2*1H4. The Kier molecular flexibility index (Phi) is 15.3. The monoisotopic (exact) mass is 454 g/mol. The predicted molar refractivity (Wildman–Crippen MR) is 114 cm³/mol. The van der Waals surface area contributed by atoms with Crippen molar-refractivity contribution in [2.45, 2.75) is 26.4 Å². The molecule has 2 aromatic heterocycles. The van der Waals surface area contributed by atoms with Crippen LogP contribution in [0.3, 0.4) is 0 Å². The molecule has 0 radical (unpaired) electrons. The molecule has 2 heterocycles. The van der Waals surface area contributed by atoms with E-state index in [1.807, 2.05) is 6.26 Å². The molecule has 10 heteroatoms. The number of hydrogen-bond donors (Lipinski definition) is 0. The van der Waals surface area contributed by atoms with E-state index in [0.29, 0.717) is 11.3 Å². The van der Waals surface area contributed by atoms with Gasteiger partial charge in [-0.25, -0.2) is 18.7 Å². The molecule has 0 saturated carbocycles. The minimum absolute atomic E-state index is 0. The van der Waals surface area contributed by atoms with E-state index in [2.05, 4.69) is 14.3 Å². The van der Waals surface area contributed by atoms with Gasteiger partial charge in [0.2, 0.25) is 6.19 Å². The van der Waals surface area contributed by atoms with Crippen molar-refractivity contribution in [2.24, 2.45) is 4.36 Å². The molecule has 0 aliphatic carbocycles. The third kappa shape index (κ3) is 10.6. The number of rotatable bonds is 4. The second kappa shape index (κ2) is 14.7. The summed E-state index contributed by atoms with van der Waals surface area (Å²) in [5.74, 6) is 0.284. The molecule has 0 fully saturated rings. The van der Waals surface area contributed by atoms with E-state index < -0.39 is 22.3 Å². The molecule has 0 N–H and O–H groups in total. The smallest absolute Gasteiger partial charge is 0.212 e. The fraction of sp³-hybridized carbons (Fsp3) is 0.353. The Morgan fingerprint density at radius 2 is 1.59 bits per heavy atom. The molecule has 0 saturated heterocycles. The van der Waals surface area contributed by atoms with Gasteiger partial charge < -0.3 is 0 Å². The maximum Gasteiger partial charge on any atom is 0.212 e. The summed E-state index contributed by atoms with van der Waals surface area (Å²) in [6.07, 6.45) is 8.54. The number of thioether (sulfide) groups is 1. The minimum Gasteiger partial charge on any atom is -0.241 e. The number of aromatic nitrogens is 2. The Morgan fingerprint density at radius 3 is 2.04 bits per heavy atom. The molecule has 1 atom stereocenters. The zero-order chi connectivity index (χ0) is 18.8. The summed E-state index contributed by atoms with van der Waals surface area (Å²) in [5.41, 5.74) is 1.55. The molecule has 2 aromatic rings. The lowest BCUT2D eigenvalue weighted by molar-refractivity contribution is 0.620. The largest absolute Gasteiger partial charge is 0.241 e. The second-order valence-electron chi connectivity index (χ2n) is 4.60. The van der Waals surface area contributed by atoms with Crippen LogP contribution < -0.4 is 0 Å². The van der Waals surface area contributed by atoms with Gasteiger partial charge in [-0.2, -0.15) is 21.4 Å². The van der Waals surface area contributed by atoms with Crippen LogP contribution in [0.5, 0.6) is 0 Å². The van der Waals surface area contributed by atoms with Gasteiger partial charge in [-0.1, -0.05) is 48.7 Å². The first kappa shape index (κ1) is 27.9. The third-order valence-corrected chi connectivity index (χ3v) is 4.91. The van der Waals surface area contributed by atoms with Crippen molar-refractivity contribution in [2.75, 3.05) is 12.5 Å². The Labute approximate surface area is 176 Å². The topological polar surface area (TPSA) is 61.9 Å². The summed E-state index contributed by atoms with van der Waals surface area (Å²) in [6.45, 7) is 0. The van der Waals surface area contributed by atoms with E-state index >= 15 is 0 Å². The average molecular weight is 455 g/mol. The van der Waals surface area contributed by atoms with Crippen LogP contribution in [0.1, 0.15) is 26.0 Å². The average Bonchev–Trinajstić information content (AvgIpc) is 2.56. The lowest BCUT2D eigenvalue weighted by atomic mass is 10.3. The summed E-state index contributed by atoms with van der Waals surface area (Å²) >= 11 is 12.4. The van der Waals surface area contributed by atoms with Crippen molar-refractivity contribution in [3.05, 3.63) is 57.6 Å². The molecule has 0 bridgehead atoms. The highest BCUT2D eigenvalue weighted by Gasteiger charge is 2.03. The Balaban J connectivity index is 0. The zero-order valence-electron chi connectivity index (χ0n) is 13.3. The van der Waals surface area contributed by atoms with Gasteiger partial charge in [0, 0.05) is 23.9 Å². The Hall–Kier alpha value is -1.27. The summed E-state index contributed by atoms with van der Waals surface area (Å²) in [5, 5.41) is 8.10. The SMILES string of the molecule is C.C.CS(Cc1cnc(Cl)c(F)c1)=NC#N.CSCc1cnc(Cl)c(F)c1. The molecule has 0 aliphatic heterocycles. The Morgan fingerprint density at radius 1 is 1.11 bits per heavy atom. The first-order valence-corrected chi connectivity index (χ1v) is 10.6. The zero-order valence-corrected chi connectivity index (χ0v) is 16.5. The highest BCUT2D eigenvalue weighted by atomic mass is 35.5. The van der Waals surface area contributed by atoms with E-state index in [0.717, 1.165) is 11.3 Å². The predicted octanol–water partition coefficient (Wildman–Crippen LogP) is 6.30. The fourth-order valence-corrected chi connectivity index (χ4v) is 3.13. The summed E-state index contributed by atoms with van der Waals surface area (Å²) in [7, 11) is -0.422. The van der Waals surface area contributed by atoms with Gasteiger partial charge in [-0.15, -0.1) is 0 Å². The van der Waals surface area contributed by atoms with Crippen molar-refractivity contribution in [1.29, 1.82) is 5.26 Å². The third-order valence-electron chi connectivity index (χ3n) is 2.59. The van der Waals surface area contributed by atoms with E-state index in [-0.39, 0.29) is 25.2 Å². The number of hydrogen-bond acceptors (Lipinski definition) is 5. The number of pyridine rings is 2. The molecule has 0 aliphatic rings. The van der Waals surface area contributed by atoms with Gasteiger partial charge in [-0.3, -0.25) is 0 Å². The van der Waals surface area contributed by atoms with Crippen molar-refractivity contribution < 1.29 is 8.78 Å². The van der Waals surface area contributed by atoms with Crippen LogP contribution in [0.4, 0.5) is 8.78 Å². The van der Waals surface area contributed by atoms with Gasteiger partial charge >= 0.3 is 0 Å². The van der Waals surface area contributed by atoms with Crippen LogP contribution in [0, 0.1) is 23.1 Å². The van der Waals surface area contributed by atoms with Crippen LogP contribution in [-0.4, -0.2) is 22.5 Å². The van der Waals surface area contributed by atoms with Crippen molar-refractivity contribution in [3.8, 4) is 6.19 Å². The first-order valence-electron chi connectivity index (χ1n) is 6.68. The van der Waals surface area contributed by atoms with Crippen molar-refractivity contribution in [3.63, 3.8) is 0 Å². The molecule has 150 valence electrons. The molecule has 4 nitrogen and oxygen atoms in total. The van der Waals surface area contributed by atoms with E-state index in [1.165, 1.54) is 18.3 Å².